The minimum atomic E-state index is -1.03. The highest BCUT2D eigenvalue weighted by molar-refractivity contribution is 5.90. The second-order valence-corrected chi connectivity index (χ2v) is 6.58. The number of hydrogen-bond donors (Lipinski definition) is 4. The van der Waals surface area contributed by atoms with Gasteiger partial charge in [0.25, 0.3) is 0 Å². The number of rotatable bonds is 4. The summed E-state index contributed by atoms with van der Waals surface area (Å²) >= 11 is 0. The van der Waals surface area contributed by atoms with E-state index < -0.39 is 11.6 Å². The standard InChI is InChI=1S/C18H18FN5O2/c19-13-3-1-11(2-4-13)14-5-6-18(14,26)10-21-17(25)23-16-7-15-12(8-20-16)9-22-24-15/h1-4,7-9,14,26H,5-6,10H2,(H,22,24)(H2,20,21,23,25)/t14?,18-/m1/s1. The van der Waals surface area contributed by atoms with E-state index in [2.05, 4.69) is 25.8 Å². The van der Waals surface area contributed by atoms with E-state index >= 15 is 0 Å². The zero-order valence-corrected chi connectivity index (χ0v) is 13.9. The number of aromatic nitrogens is 3. The minimum Gasteiger partial charge on any atom is -0.387 e. The molecule has 2 amide bonds. The first-order chi connectivity index (χ1) is 12.5. The summed E-state index contributed by atoms with van der Waals surface area (Å²) in [5, 5.41) is 23.6. The number of anilines is 1. The van der Waals surface area contributed by atoms with E-state index in [9.17, 15) is 14.3 Å². The quantitative estimate of drug-likeness (QED) is 0.577. The zero-order valence-electron chi connectivity index (χ0n) is 13.9. The van der Waals surface area contributed by atoms with Crippen molar-refractivity contribution in [3.8, 4) is 0 Å². The number of halogens is 1. The summed E-state index contributed by atoms with van der Waals surface area (Å²) in [4.78, 5) is 16.3. The largest absolute Gasteiger partial charge is 0.387 e. The van der Waals surface area contributed by atoms with Gasteiger partial charge in [-0.15, -0.1) is 0 Å². The van der Waals surface area contributed by atoms with Crippen LogP contribution in [0.3, 0.4) is 0 Å². The van der Waals surface area contributed by atoms with Crippen LogP contribution in [0.15, 0.2) is 42.7 Å². The molecule has 1 fully saturated rings. The lowest BCUT2D eigenvalue weighted by atomic mass is 9.66. The smallest absolute Gasteiger partial charge is 0.320 e. The van der Waals surface area contributed by atoms with Gasteiger partial charge in [0.05, 0.1) is 17.3 Å². The molecule has 1 aliphatic carbocycles. The van der Waals surface area contributed by atoms with E-state index in [1.54, 1.807) is 30.6 Å². The highest BCUT2D eigenvalue weighted by atomic mass is 19.1. The Morgan fingerprint density at radius 1 is 1.35 bits per heavy atom. The third kappa shape index (κ3) is 3.11. The fourth-order valence-corrected chi connectivity index (χ4v) is 3.30. The highest BCUT2D eigenvalue weighted by Crippen LogP contribution is 2.45. The van der Waals surface area contributed by atoms with E-state index in [1.807, 2.05) is 0 Å². The Kier molecular flexibility index (Phi) is 4.04. The number of nitrogens with one attached hydrogen (secondary N) is 3. The Morgan fingerprint density at radius 2 is 2.15 bits per heavy atom. The number of pyridine rings is 1. The number of amides is 2. The Balaban J connectivity index is 1.36. The molecule has 3 aromatic rings. The normalized spacial score (nSPS) is 22.0. The third-order valence-corrected chi connectivity index (χ3v) is 4.91. The van der Waals surface area contributed by atoms with Gasteiger partial charge < -0.3 is 10.4 Å². The highest BCUT2D eigenvalue weighted by Gasteiger charge is 2.46. The van der Waals surface area contributed by atoms with Crippen LogP contribution in [0.25, 0.3) is 10.9 Å². The molecule has 0 spiro atoms. The monoisotopic (exact) mass is 355 g/mol. The number of H-pyrrole nitrogens is 1. The van der Waals surface area contributed by atoms with E-state index in [0.717, 1.165) is 22.9 Å². The van der Waals surface area contributed by atoms with Gasteiger partial charge in [0.15, 0.2) is 0 Å². The van der Waals surface area contributed by atoms with Crippen LogP contribution < -0.4 is 10.6 Å². The van der Waals surface area contributed by atoms with E-state index in [0.29, 0.717) is 12.2 Å². The van der Waals surface area contributed by atoms with Gasteiger partial charge in [-0.1, -0.05) is 12.1 Å². The van der Waals surface area contributed by atoms with Gasteiger partial charge in [-0.25, -0.2) is 14.2 Å². The number of hydrogen-bond acceptors (Lipinski definition) is 4. The van der Waals surface area contributed by atoms with Crippen LogP contribution in [0.1, 0.15) is 24.3 Å². The van der Waals surface area contributed by atoms with Gasteiger partial charge >= 0.3 is 6.03 Å². The maximum absolute atomic E-state index is 13.1. The molecule has 2 heterocycles. The topological polar surface area (TPSA) is 103 Å². The Bertz CT molecular complexity index is 942. The average molecular weight is 355 g/mol. The maximum Gasteiger partial charge on any atom is 0.320 e. The van der Waals surface area contributed by atoms with E-state index in [1.165, 1.54) is 12.1 Å². The first kappa shape index (κ1) is 16.5. The molecule has 2 aromatic heterocycles. The Morgan fingerprint density at radius 3 is 2.88 bits per heavy atom. The minimum absolute atomic E-state index is 0.104. The number of fused-ring (bicyclic) bond motifs is 1. The summed E-state index contributed by atoms with van der Waals surface area (Å²) in [6, 6.07) is 7.34. The molecule has 0 bridgehead atoms. The Labute approximate surface area is 148 Å². The molecule has 4 N–H and O–H groups in total. The first-order valence-electron chi connectivity index (χ1n) is 8.35. The summed E-state index contributed by atoms with van der Waals surface area (Å²) in [6.07, 6.45) is 4.63. The average Bonchev–Trinajstić information content (AvgIpc) is 3.08. The van der Waals surface area contributed by atoms with Crippen LogP contribution in [0.4, 0.5) is 15.0 Å². The summed E-state index contributed by atoms with van der Waals surface area (Å²) in [5.74, 6) is -0.0475. The molecule has 1 aromatic carbocycles. The molecule has 134 valence electrons. The number of carbonyl (C=O) groups is 1. The van der Waals surface area contributed by atoms with Gasteiger partial charge in [0, 0.05) is 30.1 Å². The van der Waals surface area contributed by atoms with E-state index in [-0.39, 0.29) is 18.3 Å². The molecule has 4 rings (SSSR count). The molecule has 7 nitrogen and oxygen atoms in total. The van der Waals surface area contributed by atoms with Gasteiger partial charge in [0.1, 0.15) is 11.6 Å². The van der Waals surface area contributed by atoms with Crippen molar-refractivity contribution < 1.29 is 14.3 Å². The predicted molar refractivity (Wildman–Crippen MR) is 94.2 cm³/mol. The van der Waals surface area contributed by atoms with E-state index in [4.69, 9.17) is 0 Å². The van der Waals surface area contributed by atoms with Gasteiger partial charge in [-0.3, -0.25) is 10.4 Å². The lowest BCUT2D eigenvalue weighted by Gasteiger charge is -2.45. The van der Waals surface area contributed by atoms with Crippen molar-refractivity contribution in [2.45, 2.75) is 24.4 Å². The van der Waals surface area contributed by atoms with Crippen molar-refractivity contribution >= 4 is 22.8 Å². The second-order valence-electron chi connectivity index (χ2n) is 6.58. The lowest BCUT2D eigenvalue weighted by molar-refractivity contribution is -0.0535. The second kappa shape index (κ2) is 6.38. The van der Waals surface area contributed by atoms with Crippen LogP contribution >= 0.6 is 0 Å². The molecule has 1 unspecified atom stereocenters. The third-order valence-electron chi connectivity index (χ3n) is 4.91. The summed E-state index contributed by atoms with van der Waals surface area (Å²) in [6.45, 7) is 0.104. The zero-order chi connectivity index (χ0) is 18.1. The lowest BCUT2D eigenvalue weighted by Crippen LogP contribution is -2.54. The molecule has 1 saturated carbocycles. The number of aromatic amines is 1. The van der Waals surface area contributed by atoms with Crippen LogP contribution in [-0.4, -0.2) is 38.5 Å². The van der Waals surface area contributed by atoms with Gasteiger partial charge in [0.2, 0.25) is 0 Å². The first-order valence-corrected chi connectivity index (χ1v) is 8.35. The molecule has 0 saturated heterocycles. The summed E-state index contributed by atoms with van der Waals surface area (Å²) < 4.78 is 13.1. The molecule has 0 aliphatic heterocycles. The molecular weight excluding hydrogens is 337 g/mol. The SMILES string of the molecule is O=C(NC[C@]1(O)CCC1c1ccc(F)cc1)Nc1cc2[nH]ncc2cn1. The number of carbonyl (C=O) groups excluding carboxylic acids is 1. The molecule has 1 aliphatic rings. The van der Waals surface area contributed by atoms with Gasteiger partial charge in [-0.2, -0.15) is 5.10 Å². The number of benzene rings is 1. The molecule has 0 radical (unpaired) electrons. The Hall–Kier alpha value is -3.00. The molecule has 8 heteroatoms. The molecule has 26 heavy (non-hydrogen) atoms. The van der Waals surface area contributed by atoms with Gasteiger partial charge in [-0.05, 0) is 30.5 Å². The van der Waals surface area contributed by atoms with Crippen molar-refractivity contribution in [2.75, 3.05) is 11.9 Å². The summed E-state index contributed by atoms with van der Waals surface area (Å²) in [7, 11) is 0. The van der Waals surface area contributed by atoms with Crippen molar-refractivity contribution in [3.05, 3.63) is 54.1 Å². The molecular formula is C18H18FN5O2. The number of aliphatic hydroxyl groups is 1. The van der Waals surface area contributed by atoms with Crippen LogP contribution in [0, 0.1) is 5.82 Å². The molecule has 2 atom stereocenters. The van der Waals surface area contributed by atoms with Crippen molar-refractivity contribution in [1.82, 2.24) is 20.5 Å². The van der Waals surface area contributed by atoms with Crippen molar-refractivity contribution in [2.24, 2.45) is 0 Å². The number of urea groups is 1. The predicted octanol–water partition coefficient (Wildman–Crippen LogP) is 2.53. The maximum atomic E-state index is 13.1. The van der Waals surface area contributed by atoms with Crippen LogP contribution in [0.5, 0.6) is 0 Å². The number of nitrogens with zero attached hydrogens (tertiary/aromatic N) is 2. The fraction of sp³-hybridized carbons (Fsp3) is 0.278. The van der Waals surface area contributed by atoms with Crippen molar-refractivity contribution in [3.63, 3.8) is 0 Å². The fourth-order valence-electron chi connectivity index (χ4n) is 3.30. The van der Waals surface area contributed by atoms with Crippen LogP contribution in [0.2, 0.25) is 0 Å². The summed E-state index contributed by atoms with van der Waals surface area (Å²) in [5.41, 5.74) is 0.605. The van der Waals surface area contributed by atoms with Crippen LogP contribution in [-0.2, 0) is 0 Å². The van der Waals surface area contributed by atoms with Crippen molar-refractivity contribution in [1.29, 1.82) is 0 Å².